The minimum Gasteiger partial charge on any atom is -0.342 e. The Morgan fingerprint density at radius 1 is 1.07 bits per heavy atom. The summed E-state index contributed by atoms with van der Waals surface area (Å²) < 4.78 is 23.1. The van der Waals surface area contributed by atoms with Crippen LogP contribution in [-0.4, -0.2) is 33.2 Å². The van der Waals surface area contributed by atoms with Crippen LogP contribution in [0, 0.1) is 11.3 Å². The molecule has 0 heterocycles. The highest BCUT2D eigenvalue weighted by atomic mass is 32.2. The van der Waals surface area contributed by atoms with Crippen LogP contribution in [0.15, 0.2) is 53.4 Å². The smallest absolute Gasteiger partial charge is 0.237 e. The number of benzene rings is 2. The standard InChI is InChI=1S/C21H25N3O3S/c1-3-4-20(21(25)23-14-13-22)24-15-16-5-7-17(8-6-16)18-9-11-19(12-10-18)28(2,26)27/h5-12,20,24H,3-4,14-15H2,1-2H3,(H,23,25)/t20-/m0/s1. The fourth-order valence-electron chi connectivity index (χ4n) is 2.82. The number of carbonyl (C=O) groups excluding carboxylic acids is 1. The highest BCUT2D eigenvalue weighted by molar-refractivity contribution is 7.90. The summed E-state index contributed by atoms with van der Waals surface area (Å²) >= 11 is 0. The molecule has 0 aliphatic rings. The second-order valence-corrected chi connectivity index (χ2v) is 8.61. The number of rotatable bonds is 9. The number of hydrogen-bond donors (Lipinski definition) is 2. The molecule has 0 aliphatic carbocycles. The fraction of sp³-hybridized carbons (Fsp3) is 0.333. The van der Waals surface area contributed by atoms with Crippen LogP contribution in [0.4, 0.5) is 0 Å². The van der Waals surface area contributed by atoms with Gasteiger partial charge in [0, 0.05) is 12.8 Å². The average Bonchev–Trinajstić information content (AvgIpc) is 2.69. The predicted octanol–water partition coefficient (Wildman–Crippen LogP) is 2.66. The van der Waals surface area contributed by atoms with Crippen LogP contribution in [0.3, 0.4) is 0 Å². The van der Waals surface area contributed by atoms with Gasteiger partial charge >= 0.3 is 0 Å². The fourth-order valence-corrected chi connectivity index (χ4v) is 3.45. The molecule has 1 amide bonds. The Bertz CT molecular complexity index is 930. The molecular weight excluding hydrogens is 374 g/mol. The molecule has 0 aliphatic heterocycles. The van der Waals surface area contributed by atoms with E-state index in [1.807, 2.05) is 37.3 Å². The van der Waals surface area contributed by atoms with E-state index in [1.165, 1.54) is 6.26 Å². The van der Waals surface area contributed by atoms with Gasteiger partial charge in [0.15, 0.2) is 9.84 Å². The molecule has 0 spiro atoms. The SMILES string of the molecule is CCC[C@H](NCc1ccc(-c2ccc(S(C)(=O)=O)cc2)cc1)C(=O)NCC#N. The molecule has 2 N–H and O–H groups in total. The summed E-state index contributed by atoms with van der Waals surface area (Å²) in [5, 5.41) is 14.4. The Morgan fingerprint density at radius 2 is 1.64 bits per heavy atom. The van der Waals surface area contributed by atoms with Gasteiger partial charge in [0.1, 0.15) is 6.54 Å². The second kappa shape index (κ2) is 10.0. The van der Waals surface area contributed by atoms with Gasteiger partial charge in [0.2, 0.25) is 5.91 Å². The number of nitrogens with zero attached hydrogens (tertiary/aromatic N) is 1. The third-order valence-corrected chi connectivity index (χ3v) is 5.49. The van der Waals surface area contributed by atoms with Gasteiger partial charge in [0.05, 0.1) is 17.0 Å². The van der Waals surface area contributed by atoms with E-state index < -0.39 is 9.84 Å². The van der Waals surface area contributed by atoms with Crippen molar-refractivity contribution in [1.82, 2.24) is 10.6 Å². The lowest BCUT2D eigenvalue weighted by Gasteiger charge is -2.17. The largest absolute Gasteiger partial charge is 0.342 e. The van der Waals surface area contributed by atoms with Crippen LogP contribution in [0.25, 0.3) is 11.1 Å². The summed E-state index contributed by atoms with van der Waals surface area (Å²) in [4.78, 5) is 12.4. The van der Waals surface area contributed by atoms with Crippen LogP contribution >= 0.6 is 0 Å². The van der Waals surface area contributed by atoms with Crippen molar-refractivity contribution in [2.75, 3.05) is 12.8 Å². The molecule has 2 rings (SSSR count). The molecule has 0 aromatic heterocycles. The number of hydrogen-bond acceptors (Lipinski definition) is 5. The minimum absolute atomic E-state index is 0.00749. The van der Waals surface area contributed by atoms with E-state index in [9.17, 15) is 13.2 Å². The van der Waals surface area contributed by atoms with Gasteiger partial charge in [-0.05, 0) is 35.2 Å². The molecule has 6 nitrogen and oxygen atoms in total. The number of nitrogens with one attached hydrogen (secondary N) is 2. The van der Waals surface area contributed by atoms with Crippen LogP contribution in [0.1, 0.15) is 25.3 Å². The van der Waals surface area contributed by atoms with Crippen LogP contribution < -0.4 is 10.6 Å². The average molecular weight is 400 g/mol. The maximum Gasteiger partial charge on any atom is 0.237 e. The molecule has 2 aromatic carbocycles. The van der Waals surface area contributed by atoms with Gasteiger partial charge in [-0.2, -0.15) is 5.26 Å². The third-order valence-electron chi connectivity index (χ3n) is 4.36. The molecule has 148 valence electrons. The molecule has 0 fully saturated rings. The lowest BCUT2D eigenvalue weighted by atomic mass is 10.0. The maximum atomic E-state index is 12.1. The Labute approximate surface area is 166 Å². The van der Waals surface area contributed by atoms with E-state index in [0.717, 1.165) is 23.1 Å². The molecule has 0 saturated heterocycles. The van der Waals surface area contributed by atoms with Crippen molar-refractivity contribution in [3.05, 3.63) is 54.1 Å². The normalized spacial score (nSPS) is 12.2. The number of carbonyl (C=O) groups is 1. The Kier molecular flexibility index (Phi) is 7.73. The molecular formula is C21H25N3O3S. The van der Waals surface area contributed by atoms with E-state index in [-0.39, 0.29) is 18.5 Å². The van der Waals surface area contributed by atoms with Gasteiger partial charge in [-0.3, -0.25) is 4.79 Å². The zero-order valence-electron chi connectivity index (χ0n) is 16.1. The summed E-state index contributed by atoms with van der Waals surface area (Å²) in [7, 11) is -3.20. The number of amides is 1. The molecule has 0 bridgehead atoms. The van der Waals surface area contributed by atoms with Crippen molar-refractivity contribution in [1.29, 1.82) is 5.26 Å². The first-order valence-corrected chi connectivity index (χ1v) is 11.0. The first-order chi connectivity index (χ1) is 13.3. The van der Waals surface area contributed by atoms with Crippen molar-refractivity contribution < 1.29 is 13.2 Å². The topological polar surface area (TPSA) is 99.1 Å². The van der Waals surface area contributed by atoms with Crippen LogP contribution in [0.5, 0.6) is 0 Å². The molecule has 0 radical (unpaired) electrons. The molecule has 2 aromatic rings. The van der Waals surface area contributed by atoms with Gasteiger partial charge in [-0.25, -0.2) is 8.42 Å². The number of sulfone groups is 1. The van der Waals surface area contributed by atoms with Crippen molar-refractivity contribution >= 4 is 15.7 Å². The second-order valence-electron chi connectivity index (χ2n) is 6.59. The van der Waals surface area contributed by atoms with E-state index in [4.69, 9.17) is 5.26 Å². The summed E-state index contributed by atoms with van der Waals surface area (Å²) in [6, 6.07) is 16.3. The molecule has 0 unspecified atom stereocenters. The van der Waals surface area contributed by atoms with Crippen molar-refractivity contribution in [2.45, 2.75) is 37.2 Å². The van der Waals surface area contributed by atoms with Crippen LogP contribution in [0.2, 0.25) is 0 Å². The van der Waals surface area contributed by atoms with Gasteiger partial charge in [-0.15, -0.1) is 0 Å². The Morgan fingerprint density at radius 3 is 2.14 bits per heavy atom. The lowest BCUT2D eigenvalue weighted by molar-refractivity contribution is -0.123. The summed E-state index contributed by atoms with van der Waals surface area (Å²) in [5.41, 5.74) is 2.96. The Balaban J connectivity index is 2.01. The van der Waals surface area contributed by atoms with Crippen LogP contribution in [-0.2, 0) is 21.2 Å². The molecule has 1 atom stereocenters. The van der Waals surface area contributed by atoms with Gasteiger partial charge in [0.25, 0.3) is 0 Å². The maximum absolute atomic E-state index is 12.1. The van der Waals surface area contributed by atoms with Crippen molar-refractivity contribution in [3.63, 3.8) is 0 Å². The first kappa shape index (κ1) is 21.6. The molecule has 28 heavy (non-hydrogen) atoms. The first-order valence-electron chi connectivity index (χ1n) is 9.12. The van der Waals surface area contributed by atoms with E-state index in [2.05, 4.69) is 10.6 Å². The predicted molar refractivity (Wildman–Crippen MR) is 109 cm³/mol. The summed E-state index contributed by atoms with van der Waals surface area (Å²) in [6.07, 6.45) is 2.75. The zero-order valence-corrected chi connectivity index (χ0v) is 16.9. The van der Waals surface area contributed by atoms with Crippen molar-refractivity contribution in [2.24, 2.45) is 0 Å². The van der Waals surface area contributed by atoms with E-state index in [1.54, 1.807) is 24.3 Å². The quantitative estimate of drug-likeness (QED) is 0.632. The lowest BCUT2D eigenvalue weighted by Crippen LogP contribution is -2.43. The third kappa shape index (κ3) is 6.19. The molecule has 7 heteroatoms. The highest BCUT2D eigenvalue weighted by Crippen LogP contribution is 2.22. The number of nitriles is 1. The highest BCUT2D eigenvalue weighted by Gasteiger charge is 2.16. The van der Waals surface area contributed by atoms with E-state index >= 15 is 0 Å². The van der Waals surface area contributed by atoms with Crippen molar-refractivity contribution in [3.8, 4) is 17.2 Å². The summed E-state index contributed by atoms with van der Waals surface area (Å²) in [6.45, 7) is 2.56. The Hall–Kier alpha value is -2.69. The van der Waals surface area contributed by atoms with Gasteiger partial charge in [-0.1, -0.05) is 49.7 Å². The molecule has 0 saturated carbocycles. The van der Waals surface area contributed by atoms with Gasteiger partial charge < -0.3 is 10.6 Å². The van der Waals surface area contributed by atoms with E-state index in [0.29, 0.717) is 17.9 Å². The monoisotopic (exact) mass is 399 g/mol. The summed E-state index contributed by atoms with van der Waals surface area (Å²) in [5.74, 6) is -0.161. The minimum atomic E-state index is -3.20. The zero-order chi connectivity index (χ0) is 20.6.